The molecule has 1 saturated carbocycles. The summed E-state index contributed by atoms with van der Waals surface area (Å²) in [5.74, 6) is 0. The van der Waals surface area contributed by atoms with Crippen molar-refractivity contribution in [3.05, 3.63) is 0 Å². The lowest BCUT2D eigenvalue weighted by molar-refractivity contribution is -0.898. The van der Waals surface area contributed by atoms with E-state index in [0.29, 0.717) is 0 Å². The Kier molecular flexibility index (Phi) is 3.13. The fourth-order valence-electron chi connectivity index (χ4n) is 2.38. The van der Waals surface area contributed by atoms with Gasteiger partial charge in [0.15, 0.2) is 0 Å². The lowest BCUT2D eigenvalue weighted by atomic mass is 9.88. The molecule has 1 fully saturated rings. The van der Waals surface area contributed by atoms with Gasteiger partial charge in [0.2, 0.25) is 0 Å². The summed E-state index contributed by atoms with van der Waals surface area (Å²) in [5, 5.41) is 3.44. The molecule has 0 amide bonds. The van der Waals surface area contributed by atoms with Gasteiger partial charge in [-0.3, -0.25) is 0 Å². The van der Waals surface area contributed by atoms with Crippen LogP contribution in [0.5, 0.6) is 0 Å². The van der Waals surface area contributed by atoms with E-state index in [2.05, 4.69) is 33.5 Å². The quantitative estimate of drug-likeness (QED) is 0.616. The van der Waals surface area contributed by atoms with Crippen molar-refractivity contribution in [1.29, 1.82) is 0 Å². The Morgan fingerprint density at radius 3 is 2.08 bits per heavy atom. The first-order chi connectivity index (χ1) is 5.55. The topological polar surface area (TPSA) is 12.0 Å². The zero-order chi connectivity index (χ0) is 9.19. The average molecular weight is 171 g/mol. The van der Waals surface area contributed by atoms with Crippen molar-refractivity contribution < 1.29 is 4.48 Å². The van der Waals surface area contributed by atoms with Crippen LogP contribution in [0.1, 0.15) is 25.7 Å². The molecule has 0 aromatic heterocycles. The minimum atomic E-state index is 0.735. The van der Waals surface area contributed by atoms with Crippen molar-refractivity contribution in [3.63, 3.8) is 0 Å². The summed E-state index contributed by atoms with van der Waals surface area (Å²) in [6.45, 7) is 0. The van der Waals surface area contributed by atoms with E-state index in [9.17, 15) is 0 Å². The normalized spacial score (nSPS) is 32.0. The molecule has 12 heavy (non-hydrogen) atoms. The summed E-state index contributed by atoms with van der Waals surface area (Å²) in [6, 6.07) is 1.54. The van der Waals surface area contributed by atoms with Crippen LogP contribution in [0, 0.1) is 0 Å². The van der Waals surface area contributed by atoms with Gasteiger partial charge in [-0.15, -0.1) is 0 Å². The smallest absolute Gasteiger partial charge is 0.104 e. The summed E-state index contributed by atoms with van der Waals surface area (Å²) in [6.07, 6.45) is 5.56. The molecule has 0 aromatic carbocycles. The predicted octanol–water partition coefficient (Wildman–Crippen LogP) is 1.22. The molecule has 2 heteroatoms. The number of quaternary nitrogens is 1. The standard InChI is InChI=1S/C10H23N2/c1-11-9-7-5-6-8-10(9)12(2,3)4/h9-11H,5-8H2,1-4H3/q+1/t9-,10-/m1/s1. The van der Waals surface area contributed by atoms with E-state index in [0.717, 1.165) is 16.6 Å². The molecule has 2 nitrogen and oxygen atoms in total. The van der Waals surface area contributed by atoms with E-state index >= 15 is 0 Å². The molecule has 2 atom stereocenters. The number of hydrogen-bond donors (Lipinski definition) is 1. The van der Waals surface area contributed by atoms with E-state index in [1.807, 2.05) is 0 Å². The van der Waals surface area contributed by atoms with Crippen LogP contribution < -0.4 is 5.32 Å². The third-order valence-electron chi connectivity index (χ3n) is 3.10. The van der Waals surface area contributed by atoms with Gasteiger partial charge in [0, 0.05) is 6.42 Å². The van der Waals surface area contributed by atoms with E-state index in [1.54, 1.807) is 0 Å². The summed E-state index contributed by atoms with van der Waals surface area (Å²) in [5.41, 5.74) is 0. The van der Waals surface area contributed by atoms with Crippen LogP contribution in [0.15, 0.2) is 0 Å². The molecule has 72 valence electrons. The molecule has 0 spiro atoms. The van der Waals surface area contributed by atoms with E-state index < -0.39 is 0 Å². The maximum Gasteiger partial charge on any atom is 0.104 e. The van der Waals surface area contributed by atoms with Gasteiger partial charge in [-0.1, -0.05) is 6.42 Å². The van der Waals surface area contributed by atoms with Crippen molar-refractivity contribution in [3.8, 4) is 0 Å². The largest absolute Gasteiger partial charge is 0.327 e. The Hall–Kier alpha value is -0.0800. The lowest BCUT2D eigenvalue weighted by Crippen LogP contribution is -2.56. The summed E-state index contributed by atoms with van der Waals surface area (Å²) in [7, 11) is 9.01. The molecule has 0 aliphatic heterocycles. The van der Waals surface area contributed by atoms with Crippen molar-refractivity contribution in [2.75, 3.05) is 28.2 Å². The van der Waals surface area contributed by atoms with Gasteiger partial charge in [0.1, 0.15) is 6.04 Å². The molecule has 0 radical (unpaired) electrons. The van der Waals surface area contributed by atoms with Crippen molar-refractivity contribution in [2.45, 2.75) is 37.8 Å². The Balaban J connectivity index is 2.59. The van der Waals surface area contributed by atoms with E-state index in [1.165, 1.54) is 25.7 Å². The number of rotatable bonds is 2. The third-order valence-corrected chi connectivity index (χ3v) is 3.10. The highest BCUT2D eigenvalue weighted by Crippen LogP contribution is 2.24. The highest BCUT2D eigenvalue weighted by Gasteiger charge is 2.33. The fourth-order valence-corrected chi connectivity index (χ4v) is 2.38. The molecule has 0 bridgehead atoms. The van der Waals surface area contributed by atoms with Crippen molar-refractivity contribution in [1.82, 2.24) is 5.32 Å². The molecule has 0 heterocycles. The van der Waals surface area contributed by atoms with Crippen molar-refractivity contribution >= 4 is 0 Å². The zero-order valence-corrected chi connectivity index (χ0v) is 8.93. The highest BCUT2D eigenvalue weighted by molar-refractivity contribution is 4.80. The molecule has 1 aliphatic carbocycles. The monoisotopic (exact) mass is 171 g/mol. The molecule has 1 N–H and O–H groups in total. The van der Waals surface area contributed by atoms with Gasteiger partial charge >= 0.3 is 0 Å². The Labute approximate surface area is 76.5 Å². The van der Waals surface area contributed by atoms with Gasteiger partial charge in [-0.25, -0.2) is 0 Å². The molecule has 1 aliphatic rings. The molecule has 1 rings (SSSR count). The lowest BCUT2D eigenvalue weighted by Gasteiger charge is -2.41. The van der Waals surface area contributed by atoms with E-state index in [-0.39, 0.29) is 0 Å². The summed E-state index contributed by atoms with van der Waals surface area (Å²) < 4.78 is 1.10. The van der Waals surface area contributed by atoms with Gasteiger partial charge in [0.25, 0.3) is 0 Å². The fraction of sp³-hybridized carbons (Fsp3) is 1.00. The van der Waals surface area contributed by atoms with Gasteiger partial charge in [-0.05, 0) is 19.9 Å². The minimum absolute atomic E-state index is 0.735. The second-order valence-electron chi connectivity index (χ2n) is 4.86. The Bertz CT molecular complexity index is 137. The molecule has 0 unspecified atom stereocenters. The second kappa shape index (κ2) is 3.75. The van der Waals surface area contributed by atoms with Crippen LogP contribution in [0.3, 0.4) is 0 Å². The first-order valence-corrected chi connectivity index (χ1v) is 5.04. The number of nitrogens with one attached hydrogen (secondary N) is 1. The van der Waals surface area contributed by atoms with Crippen LogP contribution in [0.2, 0.25) is 0 Å². The molecular formula is C10H23N2+. The predicted molar refractivity (Wildman–Crippen MR) is 53.1 cm³/mol. The number of hydrogen-bond acceptors (Lipinski definition) is 1. The van der Waals surface area contributed by atoms with Crippen LogP contribution in [-0.4, -0.2) is 44.8 Å². The average Bonchev–Trinajstić information content (AvgIpc) is 2.03. The van der Waals surface area contributed by atoms with Crippen LogP contribution in [0.4, 0.5) is 0 Å². The van der Waals surface area contributed by atoms with Gasteiger partial charge < -0.3 is 9.80 Å². The first kappa shape index (κ1) is 10.0. The minimum Gasteiger partial charge on any atom is -0.327 e. The first-order valence-electron chi connectivity index (χ1n) is 5.04. The molecular weight excluding hydrogens is 148 g/mol. The van der Waals surface area contributed by atoms with E-state index in [4.69, 9.17) is 0 Å². The van der Waals surface area contributed by atoms with Crippen LogP contribution in [-0.2, 0) is 0 Å². The summed E-state index contributed by atoms with van der Waals surface area (Å²) >= 11 is 0. The summed E-state index contributed by atoms with van der Waals surface area (Å²) in [4.78, 5) is 0. The maximum absolute atomic E-state index is 3.44. The van der Waals surface area contributed by atoms with Crippen LogP contribution in [0.25, 0.3) is 0 Å². The highest BCUT2D eigenvalue weighted by atomic mass is 15.3. The molecule has 0 aromatic rings. The maximum atomic E-state index is 3.44. The second-order valence-corrected chi connectivity index (χ2v) is 4.86. The number of likely N-dealkylation sites (N-methyl/N-ethyl adjacent to an activating group) is 2. The Morgan fingerprint density at radius 1 is 1.08 bits per heavy atom. The van der Waals surface area contributed by atoms with Crippen LogP contribution >= 0.6 is 0 Å². The zero-order valence-electron chi connectivity index (χ0n) is 8.93. The number of nitrogens with zero attached hydrogens (tertiary/aromatic N) is 1. The van der Waals surface area contributed by atoms with Crippen molar-refractivity contribution in [2.24, 2.45) is 0 Å². The van der Waals surface area contributed by atoms with Gasteiger partial charge in [-0.2, -0.15) is 0 Å². The molecule has 0 saturated heterocycles. The Morgan fingerprint density at radius 2 is 1.67 bits per heavy atom. The van der Waals surface area contributed by atoms with Gasteiger partial charge in [0.05, 0.1) is 27.2 Å². The SMILES string of the molecule is CN[C@@H]1CCCC[C@H]1[N+](C)(C)C. The third kappa shape index (κ3) is 2.20.